The molecule has 0 atom stereocenters. The summed E-state index contributed by atoms with van der Waals surface area (Å²) in [6.07, 6.45) is 5.39. The van der Waals surface area contributed by atoms with Crippen LogP contribution in [0.2, 0.25) is 0 Å². The molecule has 0 unspecified atom stereocenters. The number of rotatable bonds is 5. The Morgan fingerprint density at radius 2 is 2.08 bits per heavy atom. The van der Waals surface area contributed by atoms with Crippen LogP contribution in [0.5, 0.6) is 0 Å². The zero-order valence-electron chi connectivity index (χ0n) is 14.5. The monoisotopic (exact) mass is 355 g/mol. The third kappa shape index (κ3) is 4.42. The lowest BCUT2D eigenvalue weighted by Crippen LogP contribution is -2.36. The topological polar surface area (TPSA) is 80.0 Å². The number of thiazole rings is 1. The van der Waals surface area contributed by atoms with Crippen molar-refractivity contribution in [2.75, 3.05) is 7.05 Å². The number of hydrogen-bond donors (Lipinski definition) is 2. The Balaban J connectivity index is 1.57. The first kappa shape index (κ1) is 17.1. The summed E-state index contributed by atoms with van der Waals surface area (Å²) < 4.78 is 1.74. The minimum atomic E-state index is 0.645. The third-order valence-corrected chi connectivity index (χ3v) is 4.79. The largest absolute Gasteiger partial charge is 0.352 e. The molecule has 7 nitrogen and oxygen atoms in total. The quantitative estimate of drug-likeness (QED) is 0.542. The number of aromatic nitrogens is 4. The lowest BCUT2D eigenvalue weighted by Gasteiger charge is -2.11. The summed E-state index contributed by atoms with van der Waals surface area (Å²) in [5.41, 5.74) is 2.19. The van der Waals surface area contributed by atoms with Gasteiger partial charge in [0.2, 0.25) is 0 Å². The summed E-state index contributed by atoms with van der Waals surface area (Å²) in [7, 11) is 1.76. The Morgan fingerprint density at radius 3 is 2.76 bits per heavy atom. The second-order valence-electron chi connectivity index (χ2n) is 5.50. The summed E-state index contributed by atoms with van der Waals surface area (Å²) in [6, 6.07) is 5.85. The van der Waals surface area contributed by atoms with Gasteiger partial charge in [0.25, 0.3) is 0 Å². The van der Waals surface area contributed by atoms with Gasteiger partial charge in [-0.2, -0.15) is 5.10 Å². The summed E-state index contributed by atoms with van der Waals surface area (Å²) in [6.45, 7) is 5.42. The van der Waals surface area contributed by atoms with Crippen molar-refractivity contribution >= 4 is 17.3 Å². The molecular weight excluding hydrogens is 334 g/mol. The van der Waals surface area contributed by atoms with Crippen LogP contribution in [-0.2, 0) is 13.1 Å². The van der Waals surface area contributed by atoms with Crippen molar-refractivity contribution in [2.24, 2.45) is 4.99 Å². The maximum Gasteiger partial charge on any atom is 0.191 e. The standard InChI is InChI=1S/C17H21N7S/c1-12-13(2)25-16(23-12)11-21-17(18-3)20-10-14-5-7-19-15(9-14)24-8-4-6-22-24/h4-9H,10-11H2,1-3H3,(H2,18,20,21). The number of aryl methyl sites for hydroxylation is 2. The number of guanidine groups is 1. The van der Waals surface area contributed by atoms with Gasteiger partial charge in [-0.1, -0.05) is 0 Å². The zero-order chi connectivity index (χ0) is 17.6. The molecule has 2 N–H and O–H groups in total. The van der Waals surface area contributed by atoms with E-state index in [0.29, 0.717) is 13.1 Å². The van der Waals surface area contributed by atoms with Gasteiger partial charge in [0.15, 0.2) is 11.8 Å². The van der Waals surface area contributed by atoms with Crippen LogP contribution in [0.15, 0.2) is 41.8 Å². The van der Waals surface area contributed by atoms with E-state index in [1.807, 2.05) is 31.3 Å². The highest BCUT2D eigenvalue weighted by molar-refractivity contribution is 7.11. The van der Waals surface area contributed by atoms with Crippen molar-refractivity contribution in [3.63, 3.8) is 0 Å². The van der Waals surface area contributed by atoms with Crippen LogP contribution >= 0.6 is 11.3 Å². The molecule has 0 radical (unpaired) electrons. The summed E-state index contributed by atoms with van der Waals surface area (Å²) >= 11 is 1.71. The van der Waals surface area contributed by atoms with Crippen molar-refractivity contribution in [3.05, 3.63) is 57.9 Å². The minimum absolute atomic E-state index is 0.645. The average Bonchev–Trinajstić information content (AvgIpc) is 3.26. The Kier molecular flexibility index (Phi) is 5.39. The predicted octanol–water partition coefficient (Wildman–Crippen LogP) is 2.21. The van der Waals surface area contributed by atoms with E-state index in [-0.39, 0.29) is 0 Å². The van der Waals surface area contributed by atoms with E-state index < -0.39 is 0 Å². The number of aliphatic imine (C=N–C) groups is 1. The Bertz CT molecular complexity index is 832. The Hall–Kier alpha value is -2.74. The van der Waals surface area contributed by atoms with E-state index in [0.717, 1.165) is 28.0 Å². The van der Waals surface area contributed by atoms with E-state index in [1.165, 1.54) is 4.88 Å². The molecule has 0 aliphatic rings. The molecule has 3 rings (SSSR count). The number of hydrogen-bond acceptors (Lipinski definition) is 5. The van der Waals surface area contributed by atoms with Crippen LogP contribution < -0.4 is 10.6 Å². The van der Waals surface area contributed by atoms with Crippen molar-refractivity contribution in [3.8, 4) is 5.82 Å². The Labute approximate surface area is 150 Å². The first-order valence-corrected chi connectivity index (χ1v) is 8.79. The molecule has 130 valence electrons. The predicted molar refractivity (Wildman–Crippen MR) is 100.0 cm³/mol. The molecule has 3 heterocycles. The molecule has 3 aromatic rings. The SMILES string of the molecule is CN=C(NCc1ccnc(-n2cccn2)c1)NCc1nc(C)c(C)s1. The van der Waals surface area contributed by atoms with E-state index in [2.05, 4.69) is 37.6 Å². The van der Waals surface area contributed by atoms with Crippen LogP contribution in [-0.4, -0.2) is 32.8 Å². The number of nitrogens with one attached hydrogen (secondary N) is 2. The van der Waals surface area contributed by atoms with Crippen LogP contribution in [0.3, 0.4) is 0 Å². The molecule has 0 aromatic carbocycles. The van der Waals surface area contributed by atoms with Crippen molar-refractivity contribution in [2.45, 2.75) is 26.9 Å². The number of nitrogens with zero attached hydrogens (tertiary/aromatic N) is 5. The highest BCUT2D eigenvalue weighted by Crippen LogP contribution is 2.15. The zero-order valence-corrected chi connectivity index (χ0v) is 15.3. The molecule has 25 heavy (non-hydrogen) atoms. The Morgan fingerprint density at radius 1 is 1.24 bits per heavy atom. The highest BCUT2D eigenvalue weighted by atomic mass is 32.1. The van der Waals surface area contributed by atoms with E-state index >= 15 is 0 Å². The molecule has 0 fully saturated rings. The maximum atomic E-state index is 4.53. The molecule has 0 aliphatic carbocycles. The second kappa shape index (κ2) is 7.89. The van der Waals surface area contributed by atoms with Gasteiger partial charge in [0.05, 0.1) is 12.2 Å². The first-order valence-electron chi connectivity index (χ1n) is 7.98. The summed E-state index contributed by atoms with van der Waals surface area (Å²) in [5.74, 6) is 1.53. The lowest BCUT2D eigenvalue weighted by atomic mass is 10.2. The fourth-order valence-electron chi connectivity index (χ4n) is 2.28. The minimum Gasteiger partial charge on any atom is -0.352 e. The van der Waals surface area contributed by atoms with E-state index in [9.17, 15) is 0 Å². The van der Waals surface area contributed by atoms with Crippen LogP contribution in [0, 0.1) is 13.8 Å². The normalized spacial score (nSPS) is 11.6. The van der Waals surface area contributed by atoms with Gasteiger partial charge < -0.3 is 10.6 Å². The molecular formula is C17H21N7S. The molecule has 0 amide bonds. The van der Waals surface area contributed by atoms with Gasteiger partial charge in [0, 0.05) is 37.1 Å². The smallest absolute Gasteiger partial charge is 0.191 e. The van der Waals surface area contributed by atoms with Crippen molar-refractivity contribution in [1.29, 1.82) is 0 Å². The van der Waals surface area contributed by atoms with Crippen molar-refractivity contribution < 1.29 is 0 Å². The van der Waals surface area contributed by atoms with E-state index in [4.69, 9.17) is 0 Å². The maximum absolute atomic E-state index is 4.53. The van der Waals surface area contributed by atoms with Gasteiger partial charge in [-0.3, -0.25) is 4.99 Å². The first-order chi connectivity index (χ1) is 12.2. The number of pyridine rings is 1. The van der Waals surface area contributed by atoms with Crippen molar-refractivity contribution in [1.82, 2.24) is 30.4 Å². The van der Waals surface area contributed by atoms with Crippen LogP contribution in [0.1, 0.15) is 21.1 Å². The molecule has 0 saturated heterocycles. The lowest BCUT2D eigenvalue weighted by molar-refractivity contribution is 0.796. The van der Waals surface area contributed by atoms with Gasteiger partial charge in [-0.05, 0) is 37.6 Å². The highest BCUT2D eigenvalue weighted by Gasteiger charge is 2.05. The fraction of sp³-hybridized carbons (Fsp3) is 0.294. The second-order valence-corrected chi connectivity index (χ2v) is 6.79. The molecule has 0 aliphatic heterocycles. The van der Waals surface area contributed by atoms with Gasteiger partial charge in [-0.25, -0.2) is 14.6 Å². The summed E-state index contributed by atoms with van der Waals surface area (Å²) in [5, 5.41) is 11.9. The van der Waals surface area contributed by atoms with E-state index in [1.54, 1.807) is 35.5 Å². The molecule has 3 aromatic heterocycles. The molecule has 0 saturated carbocycles. The van der Waals surface area contributed by atoms with Gasteiger partial charge >= 0.3 is 0 Å². The van der Waals surface area contributed by atoms with Gasteiger partial charge in [-0.15, -0.1) is 11.3 Å². The molecule has 8 heteroatoms. The average molecular weight is 355 g/mol. The third-order valence-electron chi connectivity index (χ3n) is 3.71. The fourth-order valence-corrected chi connectivity index (χ4v) is 3.15. The summed E-state index contributed by atoms with van der Waals surface area (Å²) in [4.78, 5) is 14.4. The van der Waals surface area contributed by atoms with Gasteiger partial charge in [0.1, 0.15) is 5.01 Å². The molecule has 0 bridgehead atoms. The van der Waals surface area contributed by atoms with Crippen LogP contribution in [0.25, 0.3) is 5.82 Å². The molecule has 0 spiro atoms. The van der Waals surface area contributed by atoms with Crippen LogP contribution in [0.4, 0.5) is 0 Å².